The van der Waals surface area contributed by atoms with Gasteiger partial charge in [-0.25, -0.2) is 9.59 Å². The molecule has 42 heavy (non-hydrogen) atoms. The van der Waals surface area contributed by atoms with Gasteiger partial charge in [-0.15, -0.1) is 0 Å². The SMILES string of the molecule is C=C1CC[C@H]2C(=C)C(=O)O[C@@H]2C2[C@H]1CC(=O)[C@]21CC[C@@]23OC(CC)(CC)O[C@]21C[C@H]1C(=C)CC[C@H]2C(=C)C(=O)O[C@@H]2[C@H]13. The second kappa shape index (κ2) is 8.35. The summed E-state index contributed by atoms with van der Waals surface area (Å²) < 4.78 is 27.2. The monoisotopic (exact) mass is 574 g/mol. The highest BCUT2D eigenvalue weighted by molar-refractivity contribution is 5.94. The van der Waals surface area contributed by atoms with Gasteiger partial charge >= 0.3 is 11.9 Å². The van der Waals surface area contributed by atoms with Gasteiger partial charge in [-0.2, -0.15) is 0 Å². The van der Waals surface area contributed by atoms with Crippen LogP contribution < -0.4 is 0 Å². The average Bonchev–Trinajstić information content (AvgIpc) is 3.69. The number of esters is 2. The van der Waals surface area contributed by atoms with E-state index in [9.17, 15) is 14.4 Å². The van der Waals surface area contributed by atoms with E-state index in [1.165, 1.54) is 0 Å². The Balaban J connectivity index is 1.36. The summed E-state index contributed by atoms with van der Waals surface area (Å²) in [6.45, 7) is 21.5. The first-order chi connectivity index (χ1) is 20.0. The molecule has 0 aromatic rings. The topological polar surface area (TPSA) is 88.1 Å². The van der Waals surface area contributed by atoms with E-state index in [-0.39, 0.29) is 53.2 Å². The zero-order valence-electron chi connectivity index (χ0n) is 24.9. The lowest BCUT2D eigenvalue weighted by Crippen LogP contribution is -2.62. The van der Waals surface area contributed by atoms with Crippen LogP contribution in [0.5, 0.6) is 0 Å². The van der Waals surface area contributed by atoms with Crippen molar-refractivity contribution in [2.75, 3.05) is 0 Å². The Bertz CT molecular complexity index is 1390. The minimum absolute atomic E-state index is 0.0275. The number of Topliss-reactive ketones (excluding diaryl/α,β-unsaturated/α-hetero) is 1. The lowest BCUT2D eigenvalue weighted by molar-refractivity contribution is -0.240. The fraction of sp³-hybridized carbons (Fsp3) is 0.686. The van der Waals surface area contributed by atoms with Gasteiger partial charge in [-0.3, -0.25) is 4.79 Å². The van der Waals surface area contributed by atoms with Gasteiger partial charge in [0.25, 0.3) is 0 Å². The Morgan fingerprint density at radius 3 is 1.90 bits per heavy atom. The summed E-state index contributed by atoms with van der Waals surface area (Å²) in [4.78, 5) is 40.8. The molecule has 0 radical (unpaired) electrons. The first-order valence-electron chi connectivity index (χ1n) is 16.1. The largest absolute Gasteiger partial charge is 0.458 e. The van der Waals surface area contributed by atoms with Crippen molar-refractivity contribution in [3.05, 3.63) is 48.6 Å². The molecule has 5 saturated carbocycles. The maximum absolute atomic E-state index is 14.9. The number of rotatable bonds is 2. The summed E-state index contributed by atoms with van der Waals surface area (Å²) in [6, 6.07) is 0. The van der Waals surface area contributed by atoms with Crippen molar-refractivity contribution < 1.29 is 33.3 Å². The maximum Gasteiger partial charge on any atom is 0.334 e. The average molecular weight is 575 g/mol. The number of carbonyl (C=O) groups excluding carboxylic acids is 3. The summed E-state index contributed by atoms with van der Waals surface area (Å²) in [6.07, 6.45) is 5.61. The van der Waals surface area contributed by atoms with Crippen molar-refractivity contribution in [3.63, 3.8) is 0 Å². The fourth-order valence-electron chi connectivity index (χ4n) is 11.6. The summed E-state index contributed by atoms with van der Waals surface area (Å²) in [7, 11) is 0. The number of carbonyl (C=O) groups is 3. The molecule has 0 aromatic heterocycles. The predicted octanol–water partition coefficient (Wildman–Crippen LogP) is 5.54. The lowest BCUT2D eigenvalue weighted by Gasteiger charge is -2.48. The van der Waals surface area contributed by atoms with Gasteiger partial charge < -0.3 is 18.9 Å². The van der Waals surface area contributed by atoms with Gasteiger partial charge in [-0.05, 0) is 69.6 Å². The van der Waals surface area contributed by atoms with Crippen molar-refractivity contribution in [1.82, 2.24) is 0 Å². The second-order valence-electron chi connectivity index (χ2n) is 14.5. The quantitative estimate of drug-likeness (QED) is 0.243. The first-order valence-corrected chi connectivity index (χ1v) is 16.1. The van der Waals surface area contributed by atoms with Crippen molar-refractivity contribution in [2.45, 2.75) is 107 Å². The summed E-state index contributed by atoms with van der Waals surface area (Å²) in [5, 5.41) is 0. The molecule has 1 unspecified atom stereocenters. The summed E-state index contributed by atoms with van der Waals surface area (Å²) >= 11 is 0. The molecule has 5 aliphatic carbocycles. The molecule has 0 N–H and O–H groups in total. The normalized spacial score (nSPS) is 50.1. The molecule has 1 spiro atoms. The van der Waals surface area contributed by atoms with Crippen LogP contribution in [-0.2, 0) is 33.3 Å². The Morgan fingerprint density at radius 2 is 1.31 bits per heavy atom. The van der Waals surface area contributed by atoms with Crippen LogP contribution >= 0.6 is 0 Å². The van der Waals surface area contributed by atoms with Crippen molar-refractivity contribution in [2.24, 2.45) is 40.9 Å². The molecular formula is C35H42O7. The van der Waals surface area contributed by atoms with Crippen LogP contribution in [0.3, 0.4) is 0 Å². The third kappa shape index (κ3) is 2.80. The Morgan fingerprint density at radius 1 is 0.738 bits per heavy atom. The van der Waals surface area contributed by atoms with E-state index >= 15 is 0 Å². The Kier molecular flexibility index (Phi) is 5.38. The fourth-order valence-corrected chi connectivity index (χ4v) is 11.6. The van der Waals surface area contributed by atoms with Gasteiger partial charge in [-0.1, -0.05) is 51.3 Å². The number of hydrogen-bond acceptors (Lipinski definition) is 7. The molecule has 7 heteroatoms. The van der Waals surface area contributed by atoms with E-state index in [0.717, 1.165) is 36.8 Å². The van der Waals surface area contributed by atoms with Crippen LogP contribution in [-0.4, -0.2) is 46.9 Å². The standard InChI is InChI=1S/C35H42O7/c1-7-32(8-2)41-34-14-13-33(25(36)15-23-17(3)9-11-21-19(5)30(37)39-28(21)26(23)33)35(34,42-32)16-24-18(4)10-12-22-20(6)31(38)40-29(22)27(24)34/h21-24,26-29H,3-16H2,1-2H3/t21-,22-,23-,24-,26?,27-,28-,29-,33+,34-,35-/m0/s1. The van der Waals surface area contributed by atoms with Gasteiger partial charge in [0.05, 0.1) is 5.41 Å². The van der Waals surface area contributed by atoms with Crippen molar-refractivity contribution >= 4 is 17.7 Å². The molecule has 8 aliphatic rings. The van der Waals surface area contributed by atoms with Crippen LogP contribution in [0.25, 0.3) is 0 Å². The number of fused-ring (bicyclic) bond motifs is 7. The number of ether oxygens (including phenoxy) is 4. The first kappa shape index (κ1) is 27.1. The summed E-state index contributed by atoms with van der Waals surface area (Å²) in [5.41, 5.74) is 0.470. The van der Waals surface area contributed by atoms with Gasteiger partial charge in [0.15, 0.2) is 5.79 Å². The highest BCUT2D eigenvalue weighted by Gasteiger charge is 2.88. The van der Waals surface area contributed by atoms with Crippen LogP contribution in [0.15, 0.2) is 48.6 Å². The zero-order chi connectivity index (χ0) is 29.6. The van der Waals surface area contributed by atoms with Crippen LogP contribution in [0.1, 0.15) is 78.1 Å². The molecule has 8 rings (SSSR count). The molecule has 3 aliphatic heterocycles. The predicted molar refractivity (Wildman–Crippen MR) is 153 cm³/mol. The van der Waals surface area contributed by atoms with E-state index in [0.29, 0.717) is 49.7 Å². The van der Waals surface area contributed by atoms with Gasteiger partial charge in [0.1, 0.15) is 29.2 Å². The molecule has 0 amide bonds. The zero-order valence-corrected chi connectivity index (χ0v) is 24.9. The Labute approximate surface area is 247 Å². The minimum Gasteiger partial charge on any atom is -0.458 e. The molecule has 0 bridgehead atoms. The van der Waals surface area contributed by atoms with E-state index in [1.807, 2.05) is 0 Å². The van der Waals surface area contributed by atoms with E-state index < -0.39 is 34.6 Å². The van der Waals surface area contributed by atoms with E-state index in [2.05, 4.69) is 40.2 Å². The smallest absolute Gasteiger partial charge is 0.334 e. The molecule has 3 saturated heterocycles. The highest BCUT2D eigenvalue weighted by Crippen LogP contribution is 2.79. The molecular weight excluding hydrogens is 532 g/mol. The van der Waals surface area contributed by atoms with E-state index in [4.69, 9.17) is 18.9 Å². The number of allylic oxidation sites excluding steroid dienone is 2. The Hall–Kier alpha value is -2.51. The third-order valence-electron chi connectivity index (χ3n) is 13.5. The second-order valence-corrected chi connectivity index (χ2v) is 14.5. The maximum atomic E-state index is 14.9. The molecule has 3 heterocycles. The van der Waals surface area contributed by atoms with Crippen molar-refractivity contribution in [3.8, 4) is 0 Å². The van der Waals surface area contributed by atoms with Crippen LogP contribution in [0.2, 0.25) is 0 Å². The molecule has 11 atom stereocenters. The minimum atomic E-state index is -0.968. The molecule has 224 valence electrons. The number of ketones is 1. The molecule has 8 fully saturated rings. The van der Waals surface area contributed by atoms with Gasteiger partial charge in [0.2, 0.25) is 0 Å². The molecule has 0 aromatic carbocycles. The summed E-state index contributed by atoms with van der Waals surface area (Å²) in [5.74, 6) is -2.21. The molecule has 7 nitrogen and oxygen atoms in total. The van der Waals surface area contributed by atoms with Crippen molar-refractivity contribution in [1.29, 1.82) is 0 Å². The van der Waals surface area contributed by atoms with E-state index in [1.54, 1.807) is 0 Å². The van der Waals surface area contributed by atoms with Gasteiger partial charge in [0, 0.05) is 41.2 Å². The lowest BCUT2D eigenvalue weighted by atomic mass is 9.59. The van der Waals surface area contributed by atoms with Crippen LogP contribution in [0.4, 0.5) is 0 Å². The highest BCUT2D eigenvalue weighted by atomic mass is 16.8. The third-order valence-corrected chi connectivity index (χ3v) is 13.5. The van der Waals surface area contributed by atoms with Crippen LogP contribution in [0, 0.1) is 40.9 Å². The number of hydrogen-bond donors (Lipinski definition) is 0.